The molecule has 0 spiro atoms. The van der Waals surface area contributed by atoms with Crippen LogP contribution in [0, 0.1) is 0 Å². The summed E-state index contributed by atoms with van der Waals surface area (Å²) >= 11 is 0. The molecule has 2 rings (SSSR count). The summed E-state index contributed by atoms with van der Waals surface area (Å²) in [5.74, 6) is 0. The molecule has 3 nitrogen and oxygen atoms in total. The average molecular weight is 194 g/mol. The molecule has 1 N–H and O–H groups in total. The fraction of sp³-hybridized carbons (Fsp3) is 0.455. The van der Waals surface area contributed by atoms with Gasteiger partial charge in [-0.1, -0.05) is 30.3 Å². The number of rotatable bonds is 5. The van der Waals surface area contributed by atoms with Crippen molar-refractivity contribution in [2.75, 3.05) is 13.2 Å². The maximum absolute atomic E-state index is 8.71. The van der Waals surface area contributed by atoms with E-state index in [2.05, 4.69) is 0 Å². The van der Waals surface area contributed by atoms with Crippen LogP contribution in [0.1, 0.15) is 5.56 Å². The zero-order chi connectivity index (χ0) is 9.80. The molecule has 0 aliphatic carbocycles. The number of epoxide rings is 1. The standard InChI is InChI=1S/C11H14O3/c12-6-10-11(14-10)8-13-7-9-4-2-1-3-5-9/h1-5,10-12H,6-8H2. The van der Waals surface area contributed by atoms with E-state index >= 15 is 0 Å². The Kier molecular flexibility index (Phi) is 3.14. The lowest BCUT2D eigenvalue weighted by Crippen LogP contribution is -2.07. The number of aliphatic hydroxyl groups is 1. The number of aliphatic hydroxyl groups excluding tert-OH is 1. The van der Waals surface area contributed by atoms with Gasteiger partial charge in [0.15, 0.2) is 0 Å². The van der Waals surface area contributed by atoms with Gasteiger partial charge in [-0.2, -0.15) is 0 Å². The molecule has 1 aliphatic rings. The second-order valence-electron chi connectivity index (χ2n) is 3.40. The van der Waals surface area contributed by atoms with Gasteiger partial charge in [-0.15, -0.1) is 0 Å². The van der Waals surface area contributed by atoms with E-state index in [1.54, 1.807) is 0 Å². The van der Waals surface area contributed by atoms with Gasteiger partial charge in [-0.3, -0.25) is 0 Å². The van der Waals surface area contributed by atoms with Crippen molar-refractivity contribution < 1.29 is 14.6 Å². The van der Waals surface area contributed by atoms with Crippen LogP contribution < -0.4 is 0 Å². The van der Waals surface area contributed by atoms with Gasteiger partial charge in [-0.25, -0.2) is 0 Å². The van der Waals surface area contributed by atoms with Crippen LogP contribution in [0.5, 0.6) is 0 Å². The molecule has 2 atom stereocenters. The molecule has 1 fully saturated rings. The Morgan fingerprint density at radius 3 is 2.64 bits per heavy atom. The van der Waals surface area contributed by atoms with Gasteiger partial charge in [0.25, 0.3) is 0 Å². The minimum atomic E-state index is 0.00535. The largest absolute Gasteiger partial charge is 0.394 e. The molecule has 0 amide bonds. The van der Waals surface area contributed by atoms with Crippen LogP contribution in [-0.4, -0.2) is 30.5 Å². The minimum absolute atomic E-state index is 0.00535. The number of benzene rings is 1. The molecule has 0 radical (unpaired) electrons. The van der Waals surface area contributed by atoms with E-state index in [9.17, 15) is 0 Å². The monoisotopic (exact) mass is 194 g/mol. The highest BCUT2D eigenvalue weighted by molar-refractivity contribution is 5.13. The Morgan fingerprint density at radius 2 is 2.00 bits per heavy atom. The Bertz CT molecular complexity index is 273. The van der Waals surface area contributed by atoms with Crippen LogP contribution in [-0.2, 0) is 16.1 Å². The first kappa shape index (κ1) is 9.65. The van der Waals surface area contributed by atoms with Crippen molar-refractivity contribution in [3.63, 3.8) is 0 Å². The van der Waals surface area contributed by atoms with Crippen molar-refractivity contribution in [1.82, 2.24) is 0 Å². The van der Waals surface area contributed by atoms with Crippen molar-refractivity contribution in [2.45, 2.75) is 18.8 Å². The lowest BCUT2D eigenvalue weighted by Gasteiger charge is -2.01. The van der Waals surface area contributed by atoms with E-state index < -0.39 is 0 Å². The topological polar surface area (TPSA) is 42.0 Å². The van der Waals surface area contributed by atoms with Crippen LogP contribution in [0.3, 0.4) is 0 Å². The van der Waals surface area contributed by atoms with Gasteiger partial charge in [-0.05, 0) is 5.56 Å². The third kappa shape index (κ3) is 2.54. The number of hydrogen-bond acceptors (Lipinski definition) is 3. The van der Waals surface area contributed by atoms with Crippen molar-refractivity contribution in [3.05, 3.63) is 35.9 Å². The van der Waals surface area contributed by atoms with Gasteiger partial charge < -0.3 is 14.6 Å². The van der Waals surface area contributed by atoms with Crippen molar-refractivity contribution in [1.29, 1.82) is 0 Å². The SMILES string of the molecule is OCC1OC1COCc1ccccc1. The fourth-order valence-corrected chi connectivity index (χ4v) is 1.35. The molecule has 76 valence electrons. The van der Waals surface area contributed by atoms with Gasteiger partial charge >= 0.3 is 0 Å². The van der Waals surface area contributed by atoms with E-state index in [0.717, 1.165) is 5.56 Å². The lowest BCUT2D eigenvalue weighted by atomic mass is 10.2. The molecule has 1 saturated heterocycles. The zero-order valence-corrected chi connectivity index (χ0v) is 7.93. The highest BCUT2D eigenvalue weighted by Gasteiger charge is 2.37. The van der Waals surface area contributed by atoms with Crippen LogP contribution in [0.4, 0.5) is 0 Å². The second-order valence-corrected chi connectivity index (χ2v) is 3.40. The molecular weight excluding hydrogens is 180 g/mol. The summed E-state index contributed by atoms with van der Waals surface area (Å²) < 4.78 is 10.6. The summed E-state index contributed by atoms with van der Waals surface area (Å²) in [5, 5.41) is 8.71. The molecule has 0 saturated carbocycles. The summed E-state index contributed by atoms with van der Waals surface area (Å²) in [6.07, 6.45) is 0.106. The van der Waals surface area contributed by atoms with Gasteiger partial charge in [0.2, 0.25) is 0 Å². The van der Waals surface area contributed by atoms with E-state index in [4.69, 9.17) is 14.6 Å². The van der Waals surface area contributed by atoms with Gasteiger partial charge in [0.05, 0.1) is 19.8 Å². The Hall–Kier alpha value is -0.900. The number of hydrogen-bond donors (Lipinski definition) is 1. The maximum Gasteiger partial charge on any atom is 0.110 e. The van der Waals surface area contributed by atoms with Crippen LogP contribution in [0.15, 0.2) is 30.3 Å². The lowest BCUT2D eigenvalue weighted by molar-refractivity contribution is 0.104. The molecule has 0 aromatic heterocycles. The summed E-state index contributed by atoms with van der Waals surface area (Å²) in [6, 6.07) is 10.0. The summed E-state index contributed by atoms with van der Waals surface area (Å²) in [4.78, 5) is 0. The van der Waals surface area contributed by atoms with Crippen LogP contribution in [0.25, 0.3) is 0 Å². The Labute approximate surface area is 83.3 Å². The summed E-state index contributed by atoms with van der Waals surface area (Å²) in [7, 11) is 0. The third-order valence-corrected chi connectivity index (χ3v) is 2.26. The third-order valence-electron chi connectivity index (χ3n) is 2.26. The van der Waals surface area contributed by atoms with Gasteiger partial charge in [0.1, 0.15) is 12.2 Å². The van der Waals surface area contributed by atoms with E-state index in [0.29, 0.717) is 13.2 Å². The molecule has 14 heavy (non-hydrogen) atoms. The first-order chi connectivity index (χ1) is 6.90. The average Bonchev–Trinajstić information content (AvgIpc) is 2.98. The van der Waals surface area contributed by atoms with E-state index in [1.807, 2.05) is 30.3 Å². The zero-order valence-electron chi connectivity index (χ0n) is 7.93. The predicted octanol–water partition coefficient (Wildman–Crippen LogP) is 0.963. The first-order valence-corrected chi connectivity index (χ1v) is 4.78. The molecule has 3 heteroatoms. The molecule has 1 aromatic carbocycles. The molecule has 0 bridgehead atoms. The molecule has 1 heterocycles. The fourth-order valence-electron chi connectivity index (χ4n) is 1.35. The second kappa shape index (κ2) is 4.55. The predicted molar refractivity (Wildman–Crippen MR) is 51.8 cm³/mol. The normalized spacial score (nSPS) is 24.9. The highest BCUT2D eigenvalue weighted by atomic mass is 16.6. The quantitative estimate of drug-likeness (QED) is 0.710. The molecular formula is C11H14O3. The number of ether oxygens (including phenoxy) is 2. The van der Waals surface area contributed by atoms with Gasteiger partial charge in [0, 0.05) is 0 Å². The van der Waals surface area contributed by atoms with Crippen molar-refractivity contribution in [3.8, 4) is 0 Å². The summed E-state index contributed by atoms with van der Waals surface area (Å²) in [5.41, 5.74) is 1.16. The van der Waals surface area contributed by atoms with Crippen molar-refractivity contribution in [2.24, 2.45) is 0 Å². The van der Waals surface area contributed by atoms with E-state index in [-0.39, 0.29) is 18.8 Å². The summed E-state index contributed by atoms with van der Waals surface area (Å²) in [6.45, 7) is 1.28. The van der Waals surface area contributed by atoms with Crippen LogP contribution >= 0.6 is 0 Å². The Morgan fingerprint density at radius 1 is 1.21 bits per heavy atom. The highest BCUT2D eigenvalue weighted by Crippen LogP contribution is 2.21. The smallest absolute Gasteiger partial charge is 0.110 e. The van der Waals surface area contributed by atoms with Crippen LogP contribution in [0.2, 0.25) is 0 Å². The molecule has 2 unspecified atom stereocenters. The van der Waals surface area contributed by atoms with E-state index in [1.165, 1.54) is 0 Å². The minimum Gasteiger partial charge on any atom is -0.394 e. The first-order valence-electron chi connectivity index (χ1n) is 4.78. The Balaban J connectivity index is 1.64. The maximum atomic E-state index is 8.71. The molecule has 1 aromatic rings. The van der Waals surface area contributed by atoms with Crippen molar-refractivity contribution >= 4 is 0 Å². The molecule has 1 aliphatic heterocycles.